The van der Waals surface area contributed by atoms with Crippen LogP contribution < -0.4 is 0 Å². The number of quaternary nitrogens is 2. The number of piperidine rings is 1. The lowest BCUT2D eigenvalue weighted by molar-refractivity contribution is -0.913. The van der Waals surface area contributed by atoms with Gasteiger partial charge in [-0.1, -0.05) is 0 Å². The molecule has 0 aromatic carbocycles. The Morgan fingerprint density at radius 3 is 2.33 bits per heavy atom. The van der Waals surface area contributed by atoms with Crippen LogP contribution in [0.25, 0.3) is 0 Å². The van der Waals surface area contributed by atoms with Gasteiger partial charge in [-0.15, -0.1) is 0 Å². The highest BCUT2D eigenvalue weighted by Gasteiger charge is 2.25. The van der Waals surface area contributed by atoms with E-state index in [2.05, 4.69) is 28.2 Å². The molecule has 1 aliphatic rings. The van der Waals surface area contributed by atoms with E-state index in [1.165, 1.54) is 32.4 Å². The Labute approximate surface area is 112 Å². The van der Waals surface area contributed by atoms with E-state index in [0.29, 0.717) is 13.0 Å². The Bertz CT molecular complexity index is 265. The topological polar surface area (TPSA) is 26.3 Å². The lowest BCUT2D eigenvalue weighted by Gasteiger charge is -2.37. The molecule has 0 radical (unpaired) electrons. The predicted octanol–water partition coefficient (Wildman–Crippen LogP) is 1.26. The average Bonchev–Trinajstić information content (AvgIpc) is 2.26. The first kappa shape index (κ1) is 15.4. The monoisotopic (exact) mass is 258 g/mol. The maximum absolute atomic E-state index is 11.7. The van der Waals surface area contributed by atoms with Crippen molar-refractivity contribution in [2.75, 3.05) is 61.0 Å². The van der Waals surface area contributed by atoms with Gasteiger partial charge in [0.15, 0.2) is 0 Å². The maximum Gasteiger partial charge on any atom is 0.311 e. The first-order valence-corrected chi connectivity index (χ1v) is 7.10. The molecule has 1 heterocycles. The van der Waals surface area contributed by atoms with Crippen molar-refractivity contribution in [1.29, 1.82) is 0 Å². The largest absolute Gasteiger partial charge is 0.460 e. The van der Waals surface area contributed by atoms with Gasteiger partial charge in [0, 0.05) is 0 Å². The fourth-order valence-electron chi connectivity index (χ4n) is 2.37. The van der Waals surface area contributed by atoms with Gasteiger partial charge in [0.05, 0.1) is 54.2 Å². The second kappa shape index (κ2) is 6.53. The number of nitrogens with zero attached hydrogens (tertiary/aromatic N) is 2. The molecule has 0 amide bonds. The summed E-state index contributed by atoms with van der Waals surface area (Å²) in [7, 11) is 8.58. The van der Waals surface area contributed by atoms with Gasteiger partial charge in [-0.2, -0.15) is 0 Å². The van der Waals surface area contributed by atoms with Crippen LogP contribution in [0.1, 0.15) is 25.7 Å². The van der Waals surface area contributed by atoms with Gasteiger partial charge in [-0.05, 0) is 19.3 Å². The van der Waals surface area contributed by atoms with Crippen LogP contribution in [0.4, 0.5) is 0 Å². The Kier molecular flexibility index (Phi) is 5.60. The molecule has 0 aliphatic carbocycles. The molecule has 1 aliphatic heterocycles. The van der Waals surface area contributed by atoms with Gasteiger partial charge in [0.25, 0.3) is 0 Å². The number of likely N-dealkylation sites (N-methyl/N-ethyl adjacent to an activating group) is 1. The minimum absolute atomic E-state index is 0.0339. The highest BCUT2D eigenvalue weighted by atomic mass is 16.5. The Balaban J connectivity index is 2.16. The highest BCUT2D eigenvalue weighted by molar-refractivity contribution is 5.69. The normalized spacial score (nSPS) is 19.6. The maximum atomic E-state index is 11.7. The van der Waals surface area contributed by atoms with E-state index in [9.17, 15) is 4.79 Å². The summed E-state index contributed by atoms with van der Waals surface area (Å²) in [4.78, 5) is 11.7. The zero-order chi connectivity index (χ0) is 13.6. The molecular weight excluding hydrogens is 228 g/mol. The van der Waals surface area contributed by atoms with Gasteiger partial charge in [0.2, 0.25) is 0 Å². The van der Waals surface area contributed by atoms with Crippen LogP contribution in [0.15, 0.2) is 0 Å². The number of carbonyl (C=O) groups excluding carboxylic acids is 1. The number of rotatable bonds is 6. The number of esters is 1. The van der Waals surface area contributed by atoms with Crippen molar-refractivity contribution in [3.63, 3.8) is 0 Å². The van der Waals surface area contributed by atoms with Crippen LogP contribution in [0.2, 0.25) is 0 Å². The third-order valence-corrected chi connectivity index (χ3v) is 3.78. The minimum atomic E-state index is -0.0339. The summed E-state index contributed by atoms with van der Waals surface area (Å²) >= 11 is 0. The van der Waals surface area contributed by atoms with Gasteiger partial charge in [0.1, 0.15) is 13.2 Å². The second-order valence-corrected chi connectivity index (χ2v) is 6.84. The summed E-state index contributed by atoms with van der Waals surface area (Å²) in [6, 6.07) is 0. The number of hydrogen-bond donors (Lipinski definition) is 0. The molecule has 0 unspecified atom stereocenters. The first-order valence-electron chi connectivity index (χ1n) is 7.10. The Hall–Kier alpha value is -0.610. The SMILES string of the molecule is C[N+](C)(C)CCOC(=O)CC[N+]1(C)CCCCC1. The van der Waals surface area contributed by atoms with Crippen LogP contribution in [0, 0.1) is 0 Å². The van der Waals surface area contributed by atoms with Gasteiger partial charge >= 0.3 is 5.97 Å². The number of ether oxygens (including phenoxy) is 1. The van der Waals surface area contributed by atoms with E-state index in [1.807, 2.05) is 0 Å². The molecule has 106 valence electrons. The molecule has 4 nitrogen and oxygen atoms in total. The summed E-state index contributed by atoms with van der Waals surface area (Å²) in [6.07, 6.45) is 4.51. The fourth-order valence-corrected chi connectivity index (χ4v) is 2.37. The molecule has 0 atom stereocenters. The van der Waals surface area contributed by atoms with Gasteiger partial charge in [-0.3, -0.25) is 4.79 Å². The van der Waals surface area contributed by atoms with Crippen molar-refractivity contribution in [1.82, 2.24) is 0 Å². The minimum Gasteiger partial charge on any atom is -0.460 e. The van der Waals surface area contributed by atoms with Crippen molar-refractivity contribution in [2.45, 2.75) is 25.7 Å². The summed E-state index contributed by atoms with van der Waals surface area (Å²) in [6.45, 7) is 4.77. The Morgan fingerprint density at radius 2 is 1.78 bits per heavy atom. The summed E-state index contributed by atoms with van der Waals surface area (Å²) in [5, 5.41) is 0. The highest BCUT2D eigenvalue weighted by Crippen LogP contribution is 2.16. The van der Waals surface area contributed by atoms with Crippen LogP contribution in [-0.2, 0) is 9.53 Å². The number of hydrogen-bond acceptors (Lipinski definition) is 2. The van der Waals surface area contributed by atoms with E-state index >= 15 is 0 Å². The molecule has 0 spiro atoms. The summed E-state index contributed by atoms with van der Waals surface area (Å²) in [5.74, 6) is -0.0339. The molecule has 1 fully saturated rings. The molecule has 0 N–H and O–H groups in total. The molecule has 1 rings (SSSR count). The second-order valence-electron chi connectivity index (χ2n) is 6.84. The van der Waals surface area contributed by atoms with E-state index in [0.717, 1.165) is 22.1 Å². The summed E-state index contributed by atoms with van der Waals surface area (Å²) in [5.41, 5.74) is 0. The fraction of sp³-hybridized carbons (Fsp3) is 0.929. The molecule has 0 bridgehead atoms. The molecule has 0 aromatic heterocycles. The molecule has 18 heavy (non-hydrogen) atoms. The molecule has 0 saturated carbocycles. The molecule has 0 aromatic rings. The standard InChI is InChI=1S/C14H30N2O2/c1-15(2,3)12-13-18-14(17)8-11-16(4)9-6-5-7-10-16/h5-13H2,1-4H3/q+2. The van der Waals surface area contributed by atoms with Crippen molar-refractivity contribution in [2.24, 2.45) is 0 Å². The average molecular weight is 258 g/mol. The van der Waals surface area contributed by atoms with Crippen molar-refractivity contribution < 1.29 is 18.5 Å². The van der Waals surface area contributed by atoms with Gasteiger partial charge < -0.3 is 13.7 Å². The smallest absolute Gasteiger partial charge is 0.311 e. The zero-order valence-corrected chi connectivity index (χ0v) is 12.6. The molecule has 4 heteroatoms. The summed E-state index contributed by atoms with van der Waals surface area (Å²) < 4.78 is 7.17. The van der Waals surface area contributed by atoms with Crippen LogP contribution in [-0.4, -0.2) is 75.9 Å². The lowest BCUT2D eigenvalue weighted by Crippen LogP contribution is -2.49. The van der Waals surface area contributed by atoms with Crippen LogP contribution >= 0.6 is 0 Å². The number of carbonyl (C=O) groups is 1. The van der Waals surface area contributed by atoms with Crippen molar-refractivity contribution in [3.8, 4) is 0 Å². The van der Waals surface area contributed by atoms with E-state index in [1.54, 1.807) is 0 Å². The third kappa shape index (κ3) is 6.36. The first-order chi connectivity index (χ1) is 8.31. The predicted molar refractivity (Wildman–Crippen MR) is 73.1 cm³/mol. The van der Waals surface area contributed by atoms with Crippen LogP contribution in [0.3, 0.4) is 0 Å². The lowest BCUT2D eigenvalue weighted by atomic mass is 10.1. The molecule has 1 saturated heterocycles. The number of likely N-dealkylation sites (tertiary alicyclic amines) is 1. The van der Waals surface area contributed by atoms with Crippen molar-refractivity contribution >= 4 is 5.97 Å². The van der Waals surface area contributed by atoms with E-state index < -0.39 is 0 Å². The van der Waals surface area contributed by atoms with E-state index in [4.69, 9.17) is 4.74 Å². The van der Waals surface area contributed by atoms with Crippen molar-refractivity contribution in [3.05, 3.63) is 0 Å². The quantitative estimate of drug-likeness (QED) is 0.529. The van der Waals surface area contributed by atoms with Crippen LogP contribution in [0.5, 0.6) is 0 Å². The zero-order valence-electron chi connectivity index (χ0n) is 12.6. The van der Waals surface area contributed by atoms with E-state index in [-0.39, 0.29) is 5.97 Å². The van der Waals surface area contributed by atoms with Gasteiger partial charge in [-0.25, -0.2) is 0 Å². The molecular formula is C14H30N2O2+2. The Morgan fingerprint density at radius 1 is 1.17 bits per heavy atom. The third-order valence-electron chi connectivity index (χ3n) is 3.78.